The van der Waals surface area contributed by atoms with Crippen molar-refractivity contribution in [3.8, 4) is 0 Å². The van der Waals surface area contributed by atoms with Gasteiger partial charge in [0.25, 0.3) is 0 Å². The summed E-state index contributed by atoms with van der Waals surface area (Å²) >= 11 is 0. The lowest BCUT2D eigenvalue weighted by atomic mass is 9.93. The van der Waals surface area contributed by atoms with Gasteiger partial charge in [0.05, 0.1) is 6.04 Å². The zero-order valence-electron chi connectivity index (χ0n) is 12.0. The van der Waals surface area contributed by atoms with Crippen LogP contribution in [0.3, 0.4) is 0 Å². The molecule has 0 spiro atoms. The Kier molecular flexibility index (Phi) is 5.64. The summed E-state index contributed by atoms with van der Waals surface area (Å²) in [5.74, 6) is 1.87. The van der Waals surface area contributed by atoms with E-state index in [0.29, 0.717) is 18.4 Å². The Labute approximate surface area is 116 Å². The van der Waals surface area contributed by atoms with E-state index in [1.54, 1.807) is 0 Å². The third-order valence-electron chi connectivity index (χ3n) is 4.83. The Morgan fingerprint density at radius 2 is 2.26 bits per heavy atom. The fraction of sp³-hybridized carbons (Fsp3) is 0.933. The van der Waals surface area contributed by atoms with Gasteiger partial charge in [-0.3, -0.25) is 4.79 Å². The first-order valence-corrected chi connectivity index (χ1v) is 7.88. The molecule has 4 nitrogen and oxygen atoms in total. The van der Waals surface area contributed by atoms with Gasteiger partial charge in [-0.2, -0.15) is 0 Å². The molecule has 0 aromatic carbocycles. The lowest BCUT2D eigenvalue weighted by Crippen LogP contribution is -2.45. The summed E-state index contributed by atoms with van der Waals surface area (Å²) in [5.41, 5.74) is 0. The highest BCUT2D eigenvalue weighted by atomic mass is 16.3. The smallest absolute Gasteiger partial charge is 0.237 e. The first-order valence-electron chi connectivity index (χ1n) is 7.88. The molecule has 4 unspecified atom stereocenters. The van der Waals surface area contributed by atoms with Crippen LogP contribution >= 0.6 is 0 Å². The van der Waals surface area contributed by atoms with Crippen molar-refractivity contribution in [2.24, 2.45) is 17.8 Å². The number of hydrogen-bond acceptors (Lipinski definition) is 3. The van der Waals surface area contributed by atoms with E-state index in [9.17, 15) is 4.79 Å². The molecule has 0 aromatic rings. The quantitative estimate of drug-likeness (QED) is 0.652. The summed E-state index contributed by atoms with van der Waals surface area (Å²) in [6.45, 7) is 4.08. The molecular formula is C15H28N2O2. The van der Waals surface area contributed by atoms with Crippen LogP contribution in [-0.4, -0.2) is 36.8 Å². The maximum Gasteiger partial charge on any atom is 0.237 e. The van der Waals surface area contributed by atoms with Crippen molar-refractivity contribution >= 4 is 5.91 Å². The van der Waals surface area contributed by atoms with Gasteiger partial charge in [0.1, 0.15) is 0 Å². The molecule has 19 heavy (non-hydrogen) atoms. The molecule has 1 saturated heterocycles. The van der Waals surface area contributed by atoms with E-state index in [-0.39, 0.29) is 18.6 Å². The fourth-order valence-corrected chi connectivity index (χ4v) is 3.77. The summed E-state index contributed by atoms with van der Waals surface area (Å²) in [5, 5.41) is 15.5. The molecule has 2 fully saturated rings. The predicted molar refractivity (Wildman–Crippen MR) is 75.7 cm³/mol. The van der Waals surface area contributed by atoms with Crippen molar-refractivity contribution in [3.05, 3.63) is 0 Å². The van der Waals surface area contributed by atoms with Crippen LogP contribution in [0, 0.1) is 17.8 Å². The molecule has 0 radical (unpaired) electrons. The third-order valence-corrected chi connectivity index (χ3v) is 4.83. The molecule has 2 rings (SSSR count). The monoisotopic (exact) mass is 268 g/mol. The van der Waals surface area contributed by atoms with E-state index in [1.165, 1.54) is 19.3 Å². The van der Waals surface area contributed by atoms with Crippen LogP contribution in [0.4, 0.5) is 0 Å². The third kappa shape index (κ3) is 3.69. The Hall–Kier alpha value is -0.610. The maximum absolute atomic E-state index is 12.3. The van der Waals surface area contributed by atoms with E-state index in [2.05, 4.69) is 17.6 Å². The number of aliphatic hydroxyl groups excluding tert-OH is 1. The molecule has 1 heterocycles. The van der Waals surface area contributed by atoms with Crippen LogP contribution in [0.2, 0.25) is 0 Å². The van der Waals surface area contributed by atoms with Gasteiger partial charge in [-0.1, -0.05) is 19.8 Å². The van der Waals surface area contributed by atoms with Crippen molar-refractivity contribution in [1.29, 1.82) is 0 Å². The summed E-state index contributed by atoms with van der Waals surface area (Å²) < 4.78 is 0. The van der Waals surface area contributed by atoms with Crippen molar-refractivity contribution in [2.45, 2.75) is 51.5 Å². The molecule has 1 aliphatic heterocycles. The molecule has 0 aromatic heterocycles. The van der Waals surface area contributed by atoms with Crippen molar-refractivity contribution in [1.82, 2.24) is 10.6 Å². The number of fused-ring (bicyclic) bond motifs is 1. The second kappa shape index (κ2) is 7.25. The fourth-order valence-electron chi connectivity index (χ4n) is 3.77. The number of nitrogens with one attached hydrogen (secondary N) is 2. The molecule has 2 aliphatic rings. The van der Waals surface area contributed by atoms with Crippen LogP contribution in [0.25, 0.3) is 0 Å². The number of carbonyl (C=O) groups excluding carboxylic acids is 1. The SMILES string of the molecule is CCCC(CCO)CNC(=O)C1NCC2CCCC21. The van der Waals surface area contributed by atoms with Crippen LogP contribution < -0.4 is 10.6 Å². The zero-order chi connectivity index (χ0) is 13.7. The second-order valence-electron chi connectivity index (χ2n) is 6.15. The van der Waals surface area contributed by atoms with Gasteiger partial charge in [0.2, 0.25) is 5.91 Å². The Morgan fingerprint density at radius 1 is 1.42 bits per heavy atom. The topological polar surface area (TPSA) is 61.4 Å². The normalized spacial score (nSPS) is 31.2. The van der Waals surface area contributed by atoms with Crippen LogP contribution in [0.5, 0.6) is 0 Å². The number of aliphatic hydroxyl groups is 1. The lowest BCUT2D eigenvalue weighted by molar-refractivity contribution is -0.124. The van der Waals surface area contributed by atoms with E-state index in [1.807, 2.05) is 0 Å². The first kappa shape index (κ1) is 14.8. The van der Waals surface area contributed by atoms with Gasteiger partial charge in [0.15, 0.2) is 0 Å². The molecule has 1 aliphatic carbocycles. The Balaban J connectivity index is 1.77. The van der Waals surface area contributed by atoms with Crippen molar-refractivity contribution < 1.29 is 9.90 Å². The van der Waals surface area contributed by atoms with E-state index < -0.39 is 0 Å². The van der Waals surface area contributed by atoms with Gasteiger partial charge < -0.3 is 15.7 Å². The minimum Gasteiger partial charge on any atom is -0.396 e. The first-order chi connectivity index (χ1) is 9.26. The van der Waals surface area contributed by atoms with Gasteiger partial charge >= 0.3 is 0 Å². The van der Waals surface area contributed by atoms with E-state index in [4.69, 9.17) is 5.11 Å². The molecule has 1 saturated carbocycles. The highest BCUT2D eigenvalue weighted by Crippen LogP contribution is 2.37. The minimum absolute atomic E-state index is 0.0314. The van der Waals surface area contributed by atoms with Gasteiger partial charge in [0, 0.05) is 13.2 Å². The maximum atomic E-state index is 12.3. The van der Waals surface area contributed by atoms with E-state index >= 15 is 0 Å². The summed E-state index contributed by atoms with van der Waals surface area (Å²) in [4.78, 5) is 12.3. The largest absolute Gasteiger partial charge is 0.396 e. The average Bonchev–Trinajstić information content (AvgIpc) is 2.98. The zero-order valence-corrected chi connectivity index (χ0v) is 12.0. The minimum atomic E-state index is 0.0314. The lowest BCUT2D eigenvalue weighted by Gasteiger charge is -2.20. The average molecular weight is 268 g/mol. The van der Waals surface area contributed by atoms with Gasteiger partial charge in [-0.05, 0) is 50.0 Å². The van der Waals surface area contributed by atoms with E-state index in [0.717, 1.165) is 31.7 Å². The summed E-state index contributed by atoms with van der Waals surface area (Å²) in [7, 11) is 0. The molecule has 4 atom stereocenters. The number of amides is 1. The highest BCUT2D eigenvalue weighted by molar-refractivity contribution is 5.82. The Morgan fingerprint density at radius 3 is 3.00 bits per heavy atom. The molecular weight excluding hydrogens is 240 g/mol. The molecule has 3 N–H and O–H groups in total. The summed E-state index contributed by atoms with van der Waals surface area (Å²) in [6, 6.07) is 0.0314. The molecule has 4 heteroatoms. The molecule has 110 valence electrons. The standard InChI is InChI=1S/C15H28N2O2/c1-2-4-11(7-8-18)9-17-15(19)14-13-6-3-5-12(13)10-16-14/h11-14,16,18H,2-10H2,1H3,(H,17,19). The van der Waals surface area contributed by atoms with Crippen LogP contribution in [0.1, 0.15) is 45.4 Å². The van der Waals surface area contributed by atoms with Gasteiger partial charge in [-0.25, -0.2) is 0 Å². The van der Waals surface area contributed by atoms with Crippen molar-refractivity contribution in [2.75, 3.05) is 19.7 Å². The van der Waals surface area contributed by atoms with Crippen molar-refractivity contribution in [3.63, 3.8) is 0 Å². The van der Waals surface area contributed by atoms with Crippen LogP contribution in [-0.2, 0) is 4.79 Å². The highest BCUT2D eigenvalue weighted by Gasteiger charge is 2.42. The number of rotatable bonds is 7. The summed E-state index contributed by atoms with van der Waals surface area (Å²) in [6.07, 6.45) is 6.73. The number of hydrogen-bond donors (Lipinski definition) is 3. The molecule has 1 amide bonds. The van der Waals surface area contributed by atoms with Gasteiger partial charge in [-0.15, -0.1) is 0 Å². The second-order valence-corrected chi connectivity index (χ2v) is 6.15. The Bertz CT molecular complexity index is 290. The predicted octanol–water partition coefficient (Wildman–Crippen LogP) is 1.29. The van der Waals surface area contributed by atoms with Crippen LogP contribution in [0.15, 0.2) is 0 Å². The number of carbonyl (C=O) groups is 1. The molecule has 0 bridgehead atoms.